The van der Waals surface area contributed by atoms with Crippen LogP contribution in [-0.2, 0) is 9.53 Å². The summed E-state index contributed by atoms with van der Waals surface area (Å²) in [5.74, 6) is -0.374. The van der Waals surface area contributed by atoms with Crippen LogP contribution in [0.2, 0.25) is 0 Å². The molecule has 0 aliphatic rings. The first-order valence-corrected chi connectivity index (χ1v) is 3.69. The molecule has 0 fully saturated rings. The number of ether oxygens (including phenoxy) is 1. The van der Waals surface area contributed by atoms with Crippen LogP contribution in [0.1, 0.15) is 27.2 Å². The average Bonchev–Trinajstić information content (AvgIpc) is 1.88. The zero-order valence-corrected chi connectivity index (χ0v) is 7.18. The molecule has 0 aromatic heterocycles. The van der Waals surface area contributed by atoms with Crippen molar-refractivity contribution in [2.24, 2.45) is 0 Å². The minimum absolute atomic E-state index is 0.354. The average molecular weight is 158 g/mol. The van der Waals surface area contributed by atoms with Crippen molar-refractivity contribution in [1.82, 2.24) is 0 Å². The van der Waals surface area contributed by atoms with Gasteiger partial charge in [-0.1, -0.05) is 6.92 Å². The largest absolute Gasteiger partial charge is 0.498 e. The lowest BCUT2D eigenvalue weighted by Gasteiger charge is -2.06. The van der Waals surface area contributed by atoms with Gasteiger partial charge in [0.15, 0.2) is 0 Å². The molecule has 0 aliphatic carbocycles. The molecule has 3 heteroatoms. The number of carbonyl (C=O) groups is 1. The normalized spacial score (nSPS) is 12.3. The lowest BCUT2D eigenvalue weighted by atomic mass is 10.2. The molecule has 64 valence electrons. The SMILES string of the molecule is CCOC(C)=C(CC)C(=O)O. The highest BCUT2D eigenvalue weighted by atomic mass is 16.5. The zero-order valence-electron chi connectivity index (χ0n) is 7.18. The lowest BCUT2D eigenvalue weighted by Crippen LogP contribution is -2.04. The Morgan fingerprint density at radius 3 is 2.27 bits per heavy atom. The van der Waals surface area contributed by atoms with Gasteiger partial charge in [-0.15, -0.1) is 0 Å². The summed E-state index contributed by atoms with van der Waals surface area (Å²) in [6, 6.07) is 0. The van der Waals surface area contributed by atoms with Crippen molar-refractivity contribution in [3.8, 4) is 0 Å². The van der Waals surface area contributed by atoms with E-state index in [-0.39, 0.29) is 0 Å². The molecule has 0 unspecified atom stereocenters. The highest BCUT2D eigenvalue weighted by Crippen LogP contribution is 2.09. The smallest absolute Gasteiger partial charge is 0.334 e. The third-order valence-electron chi connectivity index (χ3n) is 1.40. The summed E-state index contributed by atoms with van der Waals surface area (Å²) in [6.45, 7) is 5.82. The Labute approximate surface area is 66.7 Å². The van der Waals surface area contributed by atoms with E-state index in [1.165, 1.54) is 0 Å². The first-order chi connectivity index (χ1) is 5.13. The standard InChI is InChI=1S/C8H14O3/c1-4-7(8(9)10)6(3)11-5-2/h4-5H2,1-3H3,(H,9,10). The summed E-state index contributed by atoms with van der Waals surface area (Å²) in [6.07, 6.45) is 0.501. The molecular weight excluding hydrogens is 144 g/mol. The van der Waals surface area contributed by atoms with Gasteiger partial charge in [-0.3, -0.25) is 0 Å². The predicted molar refractivity (Wildman–Crippen MR) is 42.3 cm³/mol. The van der Waals surface area contributed by atoms with Gasteiger partial charge >= 0.3 is 5.97 Å². The summed E-state index contributed by atoms with van der Waals surface area (Å²) in [5, 5.41) is 8.63. The van der Waals surface area contributed by atoms with Gasteiger partial charge in [0, 0.05) is 0 Å². The first-order valence-electron chi connectivity index (χ1n) is 3.69. The molecule has 0 spiro atoms. The summed E-state index contributed by atoms with van der Waals surface area (Å²) in [7, 11) is 0. The van der Waals surface area contributed by atoms with Gasteiger partial charge in [0.2, 0.25) is 0 Å². The van der Waals surface area contributed by atoms with E-state index in [1.807, 2.05) is 6.92 Å². The molecule has 0 amide bonds. The molecule has 0 aromatic carbocycles. The molecule has 3 nitrogen and oxygen atoms in total. The van der Waals surface area contributed by atoms with Gasteiger partial charge in [-0.25, -0.2) is 4.79 Å². The van der Waals surface area contributed by atoms with E-state index in [0.29, 0.717) is 24.4 Å². The minimum atomic E-state index is -0.890. The van der Waals surface area contributed by atoms with Crippen LogP contribution in [0.3, 0.4) is 0 Å². The molecule has 0 rings (SSSR count). The van der Waals surface area contributed by atoms with Gasteiger partial charge in [-0.2, -0.15) is 0 Å². The van der Waals surface area contributed by atoms with Crippen molar-refractivity contribution >= 4 is 5.97 Å². The number of carboxylic acids is 1. The molecule has 0 radical (unpaired) electrons. The Balaban J connectivity index is 4.40. The summed E-state index contributed by atoms with van der Waals surface area (Å²) < 4.78 is 5.05. The van der Waals surface area contributed by atoms with Gasteiger partial charge in [-0.05, 0) is 20.3 Å². The number of carboxylic acid groups (broad SMARTS) is 1. The van der Waals surface area contributed by atoms with Crippen molar-refractivity contribution in [3.63, 3.8) is 0 Å². The van der Waals surface area contributed by atoms with E-state index >= 15 is 0 Å². The maximum atomic E-state index is 10.5. The van der Waals surface area contributed by atoms with Gasteiger partial charge in [0.05, 0.1) is 12.2 Å². The first kappa shape index (κ1) is 10.0. The van der Waals surface area contributed by atoms with Crippen LogP contribution in [-0.4, -0.2) is 17.7 Å². The second kappa shape index (κ2) is 4.77. The number of hydrogen-bond acceptors (Lipinski definition) is 2. The van der Waals surface area contributed by atoms with Gasteiger partial charge in [0.1, 0.15) is 5.76 Å². The molecule has 0 heterocycles. The number of allylic oxidation sites excluding steroid dienone is 1. The quantitative estimate of drug-likeness (QED) is 0.501. The number of aliphatic carboxylic acids is 1. The monoisotopic (exact) mass is 158 g/mol. The second-order valence-electron chi connectivity index (χ2n) is 2.13. The van der Waals surface area contributed by atoms with Crippen LogP contribution in [0.5, 0.6) is 0 Å². The fourth-order valence-electron chi connectivity index (χ4n) is 0.854. The predicted octanol–water partition coefficient (Wildman–Crippen LogP) is 1.79. The molecular formula is C8H14O3. The fraction of sp³-hybridized carbons (Fsp3) is 0.625. The molecule has 0 bridgehead atoms. The molecule has 0 atom stereocenters. The summed E-state index contributed by atoms with van der Waals surface area (Å²) in [5.41, 5.74) is 0.354. The Bertz CT molecular complexity index is 170. The van der Waals surface area contributed by atoms with Crippen LogP contribution in [0.15, 0.2) is 11.3 Å². The maximum absolute atomic E-state index is 10.5. The van der Waals surface area contributed by atoms with Crippen LogP contribution in [0.25, 0.3) is 0 Å². The minimum Gasteiger partial charge on any atom is -0.498 e. The van der Waals surface area contributed by atoms with Crippen LogP contribution in [0, 0.1) is 0 Å². The highest BCUT2D eigenvalue weighted by Gasteiger charge is 2.08. The number of hydrogen-bond donors (Lipinski definition) is 1. The van der Waals surface area contributed by atoms with E-state index in [1.54, 1.807) is 13.8 Å². The fourth-order valence-corrected chi connectivity index (χ4v) is 0.854. The maximum Gasteiger partial charge on any atom is 0.334 e. The summed E-state index contributed by atoms with van der Waals surface area (Å²) >= 11 is 0. The van der Waals surface area contributed by atoms with E-state index in [0.717, 1.165) is 0 Å². The Hall–Kier alpha value is -0.990. The lowest BCUT2D eigenvalue weighted by molar-refractivity contribution is -0.133. The Morgan fingerprint density at radius 1 is 1.45 bits per heavy atom. The van der Waals surface area contributed by atoms with Crippen molar-refractivity contribution in [3.05, 3.63) is 11.3 Å². The zero-order chi connectivity index (χ0) is 8.85. The molecule has 0 saturated heterocycles. The van der Waals surface area contributed by atoms with E-state index in [9.17, 15) is 4.79 Å². The molecule has 11 heavy (non-hydrogen) atoms. The topological polar surface area (TPSA) is 46.5 Å². The molecule has 0 aliphatic heterocycles. The number of rotatable bonds is 4. The van der Waals surface area contributed by atoms with Gasteiger partial charge < -0.3 is 9.84 Å². The van der Waals surface area contributed by atoms with E-state index in [2.05, 4.69) is 0 Å². The summed E-state index contributed by atoms with van der Waals surface area (Å²) in [4.78, 5) is 10.5. The van der Waals surface area contributed by atoms with Crippen LogP contribution in [0.4, 0.5) is 0 Å². The van der Waals surface area contributed by atoms with Crippen molar-refractivity contribution in [1.29, 1.82) is 0 Å². The molecule has 1 N–H and O–H groups in total. The highest BCUT2D eigenvalue weighted by molar-refractivity contribution is 5.86. The second-order valence-corrected chi connectivity index (χ2v) is 2.13. The van der Waals surface area contributed by atoms with Crippen molar-refractivity contribution < 1.29 is 14.6 Å². The van der Waals surface area contributed by atoms with E-state index < -0.39 is 5.97 Å². The third kappa shape index (κ3) is 3.07. The van der Waals surface area contributed by atoms with Gasteiger partial charge in [0.25, 0.3) is 0 Å². The Kier molecular flexibility index (Phi) is 4.34. The van der Waals surface area contributed by atoms with Crippen LogP contribution >= 0.6 is 0 Å². The Morgan fingerprint density at radius 2 is 2.00 bits per heavy atom. The van der Waals surface area contributed by atoms with E-state index in [4.69, 9.17) is 9.84 Å². The van der Waals surface area contributed by atoms with Crippen molar-refractivity contribution in [2.75, 3.05) is 6.61 Å². The van der Waals surface area contributed by atoms with Crippen molar-refractivity contribution in [2.45, 2.75) is 27.2 Å². The van der Waals surface area contributed by atoms with Crippen LogP contribution < -0.4 is 0 Å². The molecule has 0 saturated carbocycles. The third-order valence-corrected chi connectivity index (χ3v) is 1.40. The molecule has 0 aromatic rings.